The van der Waals surface area contributed by atoms with Gasteiger partial charge in [-0.25, -0.2) is 4.98 Å². The third-order valence-corrected chi connectivity index (χ3v) is 3.72. The molecule has 3 rings (SSSR count). The van der Waals surface area contributed by atoms with Gasteiger partial charge in [-0.1, -0.05) is 12.1 Å². The molecule has 0 radical (unpaired) electrons. The van der Waals surface area contributed by atoms with Gasteiger partial charge < -0.3 is 4.90 Å². The van der Waals surface area contributed by atoms with Crippen LogP contribution >= 0.6 is 11.5 Å². The molecule has 88 valence electrons. The first-order chi connectivity index (χ1) is 8.33. The lowest BCUT2D eigenvalue weighted by Crippen LogP contribution is -2.17. The van der Waals surface area contributed by atoms with E-state index in [1.807, 2.05) is 6.92 Å². The third-order valence-electron chi connectivity index (χ3n) is 3.10. The van der Waals surface area contributed by atoms with Crippen LogP contribution in [0.3, 0.4) is 0 Å². The molecule has 0 aliphatic carbocycles. The summed E-state index contributed by atoms with van der Waals surface area (Å²) in [5.41, 5.74) is 2.42. The van der Waals surface area contributed by atoms with E-state index in [4.69, 9.17) is 0 Å². The van der Waals surface area contributed by atoms with Crippen LogP contribution in [0, 0.1) is 6.92 Å². The van der Waals surface area contributed by atoms with Crippen LogP contribution in [0.15, 0.2) is 24.3 Å². The van der Waals surface area contributed by atoms with Gasteiger partial charge in [0.25, 0.3) is 0 Å². The van der Waals surface area contributed by atoms with E-state index >= 15 is 0 Å². The van der Waals surface area contributed by atoms with Crippen LogP contribution in [0.1, 0.15) is 17.8 Å². The maximum atomic E-state index is 4.44. The average molecular weight is 245 g/mol. The number of benzene rings is 1. The van der Waals surface area contributed by atoms with Crippen molar-refractivity contribution < 1.29 is 0 Å². The fourth-order valence-electron chi connectivity index (χ4n) is 2.23. The lowest BCUT2D eigenvalue weighted by molar-refractivity contribution is 0.949. The van der Waals surface area contributed by atoms with E-state index in [0.717, 1.165) is 16.4 Å². The van der Waals surface area contributed by atoms with Gasteiger partial charge in [0.15, 0.2) is 5.82 Å². The van der Waals surface area contributed by atoms with Crippen molar-refractivity contribution in [1.82, 2.24) is 9.36 Å². The molecule has 0 unspecified atom stereocenters. The molecule has 1 aromatic carbocycles. The summed E-state index contributed by atoms with van der Waals surface area (Å²) in [6, 6.07) is 8.56. The van der Waals surface area contributed by atoms with Crippen molar-refractivity contribution in [2.75, 3.05) is 18.0 Å². The van der Waals surface area contributed by atoms with Crippen LogP contribution in [-0.2, 0) is 0 Å². The molecular formula is C13H15N3S. The first-order valence-corrected chi connectivity index (χ1v) is 6.76. The minimum Gasteiger partial charge on any atom is -0.372 e. The first-order valence-electron chi connectivity index (χ1n) is 5.98. The monoisotopic (exact) mass is 245 g/mol. The van der Waals surface area contributed by atoms with Gasteiger partial charge in [0.2, 0.25) is 0 Å². The van der Waals surface area contributed by atoms with E-state index in [0.29, 0.717) is 0 Å². The summed E-state index contributed by atoms with van der Waals surface area (Å²) in [5, 5.41) is 1.02. The predicted octanol–water partition coefficient (Wildman–Crippen LogP) is 3.11. The molecule has 0 bridgehead atoms. The van der Waals surface area contributed by atoms with Crippen LogP contribution in [0.4, 0.5) is 5.69 Å². The molecule has 1 saturated heterocycles. The van der Waals surface area contributed by atoms with Crippen molar-refractivity contribution in [1.29, 1.82) is 0 Å². The van der Waals surface area contributed by atoms with Crippen molar-refractivity contribution in [3.8, 4) is 11.4 Å². The second kappa shape index (κ2) is 4.45. The van der Waals surface area contributed by atoms with E-state index in [2.05, 4.69) is 38.5 Å². The Morgan fingerprint density at radius 2 is 2.06 bits per heavy atom. The lowest BCUT2D eigenvalue weighted by Gasteiger charge is -2.17. The zero-order valence-corrected chi connectivity index (χ0v) is 10.7. The number of aryl methyl sites for hydroxylation is 1. The van der Waals surface area contributed by atoms with Gasteiger partial charge in [-0.3, -0.25) is 0 Å². The molecule has 0 spiro atoms. The second-order valence-corrected chi connectivity index (χ2v) is 5.34. The Labute approximate surface area is 105 Å². The number of anilines is 1. The minimum absolute atomic E-state index is 0.855. The summed E-state index contributed by atoms with van der Waals surface area (Å²) in [6.45, 7) is 4.34. The van der Waals surface area contributed by atoms with Crippen molar-refractivity contribution in [3.63, 3.8) is 0 Å². The standard InChI is InChI=1S/C13H15N3S/c1-10-14-13(15-17-10)11-5-4-6-12(9-11)16-7-2-3-8-16/h4-6,9H,2-3,7-8H2,1H3. The summed E-state index contributed by atoms with van der Waals surface area (Å²) in [5.74, 6) is 0.855. The van der Waals surface area contributed by atoms with Gasteiger partial charge in [-0.2, -0.15) is 4.37 Å². The summed E-state index contributed by atoms with van der Waals surface area (Å²) in [6.07, 6.45) is 2.61. The normalized spacial score (nSPS) is 15.5. The van der Waals surface area contributed by atoms with Crippen molar-refractivity contribution in [3.05, 3.63) is 29.3 Å². The van der Waals surface area contributed by atoms with Crippen LogP contribution < -0.4 is 4.90 Å². The molecule has 1 aliphatic heterocycles. The second-order valence-electron chi connectivity index (χ2n) is 4.38. The van der Waals surface area contributed by atoms with Crippen molar-refractivity contribution >= 4 is 17.2 Å². The van der Waals surface area contributed by atoms with E-state index in [1.165, 1.54) is 43.2 Å². The first kappa shape index (κ1) is 10.7. The molecule has 1 aromatic heterocycles. The fourth-order valence-corrected chi connectivity index (χ4v) is 2.73. The molecular weight excluding hydrogens is 230 g/mol. The van der Waals surface area contributed by atoms with Crippen molar-refractivity contribution in [2.24, 2.45) is 0 Å². The van der Waals surface area contributed by atoms with Gasteiger partial charge in [-0.15, -0.1) is 0 Å². The summed E-state index contributed by atoms with van der Waals surface area (Å²) in [7, 11) is 0. The maximum Gasteiger partial charge on any atom is 0.173 e. The summed E-state index contributed by atoms with van der Waals surface area (Å²) in [4.78, 5) is 6.87. The number of rotatable bonds is 2. The SMILES string of the molecule is Cc1nc(-c2cccc(N3CCCC3)c2)ns1. The molecule has 3 nitrogen and oxygen atoms in total. The smallest absolute Gasteiger partial charge is 0.173 e. The van der Waals surface area contributed by atoms with Crippen molar-refractivity contribution in [2.45, 2.75) is 19.8 Å². The van der Waals surface area contributed by atoms with Gasteiger partial charge in [0, 0.05) is 24.3 Å². The molecule has 2 heterocycles. The maximum absolute atomic E-state index is 4.44. The number of aromatic nitrogens is 2. The average Bonchev–Trinajstić information content (AvgIpc) is 3.00. The molecule has 0 amide bonds. The zero-order chi connectivity index (χ0) is 11.7. The molecule has 2 aromatic rings. The van der Waals surface area contributed by atoms with Gasteiger partial charge in [0.05, 0.1) is 0 Å². The van der Waals surface area contributed by atoms with E-state index in [9.17, 15) is 0 Å². The van der Waals surface area contributed by atoms with Crippen LogP contribution in [0.25, 0.3) is 11.4 Å². The van der Waals surface area contributed by atoms with Crippen LogP contribution in [0.2, 0.25) is 0 Å². The Bertz CT molecular complexity index is 515. The molecule has 4 heteroatoms. The molecule has 1 aliphatic rings. The number of nitrogens with zero attached hydrogens (tertiary/aromatic N) is 3. The summed E-state index contributed by atoms with van der Waals surface area (Å²) >= 11 is 1.46. The summed E-state index contributed by atoms with van der Waals surface area (Å²) < 4.78 is 4.37. The van der Waals surface area contributed by atoms with Gasteiger partial charge in [0.1, 0.15) is 5.01 Å². The number of hydrogen-bond donors (Lipinski definition) is 0. The highest BCUT2D eigenvalue weighted by Gasteiger charge is 2.13. The molecule has 0 N–H and O–H groups in total. The van der Waals surface area contributed by atoms with E-state index in [-0.39, 0.29) is 0 Å². The molecule has 1 fully saturated rings. The predicted molar refractivity (Wildman–Crippen MR) is 71.5 cm³/mol. The van der Waals surface area contributed by atoms with Crippen LogP contribution in [-0.4, -0.2) is 22.4 Å². The molecule has 0 atom stereocenters. The van der Waals surface area contributed by atoms with E-state index in [1.54, 1.807) is 0 Å². The Hall–Kier alpha value is -1.42. The zero-order valence-electron chi connectivity index (χ0n) is 9.89. The molecule has 17 heavy (non-hydrogen) atoms. The van der Waals surface area contributed by atoms with Gasteiger partial charge >= 0.3 is 0 Å². The number of hydrogen-bond acceptors (Lipinski definition) is 4. The largest absolute Gasteiger partial charge is 0.372 e. The quantitative estimate of drug-likeness (QED) is 0.814. The van der Waals surface area contributed by atoms with Gasteiger partial charge in [-0.05, 0) is 43.4 Å². The third kappa shape index (κ3) is 2.17. The highest BCUT2D eigenvalue weighted by atomic mass is 32.1. The Morgan fingerprint density at radius 3 is 2.76 bits per heavy atom. The highest BCUT2D eigenvalue weighted by molar-refractivity contribution is 7.05. The lowest BCUT2D eigenvalue weighted by atomic mass is 10.2. The Kier molecular flexibility index (Phi) is 2.81. The molecule has 0 saturated carbocycles. The highest BCUT2D eigenvalue weighted by Crippen LogP contribution is 2.25. The Balaban J connectivity index is 1.93. The van der Waals surface area contributed by atoms with E-state index < -0.39 is 0 Å². The fraction of sp³-hybridized carbons (Fsp3) is 0.385. The Morgan fingerprint density at radius 1 is 1.24 bits per heavy atom. The minimum atomic E-state index is 0.855. The topological polar surface area (TPSA) is 29.0 Å². The van der Waals surface area contributed by atoms with Crippen LogP contribution in [0.5, 0.6) is 0 Å².